The average molecular weight is 273 g/mol. The highest BCUT2D eigenvalue weighted by atomic mass is 79.9. The van der Waals surface area contributed by atoms with Crippen LogP contribution in [0.5, 0.6) is 0 Å². The van der Waals surface area contributed by atoms with Crippen molar-refractivity contribution in [1.82, 2.24) is 4.98 Å². The zero-order valence-electron chi connectivity index (χ0n) is 7.35. The van der Waals surface area contributed by atoms with Crippen LogP contribution in [0.1, 0.15) is 6.42 Å². The first-order valence-electron chi connectivity index (χ1n) is 4.27. The molecule has 3 nitrogen and oxygen atoms in total. The highest BCUT2D eigenvalue weighted by Crippen LogP contribution is 2.23. The van der Waals surface area contributed by atoms with Crippen LogP contribution in [0.4, 0.5) is 5.69 Å². The first-order valence-corrected chi connectivity index (χ1v) is 5.58. The summed E-state index contributed by atoms with van der Waals surface area (Å²) in [6.07, 6.45) is 2.20. The summed E-state index contributed by atoms with van der Waals surface area (Å²) in [6, 6.07) is 3.70. The van der Waals surface area contributed by atoms with Crippen molar-refractivity contribution in [3.05, 3.63) is 22.9 Å². The maximum absolute atomic E-state index is 11.5. The predicted molar refractivity (Wildman–Crippen MR) is 61.7 cm³/mol. The molecule has 0 spiro atoms. The lowest BCUT2D eigenvalue weighted by molar-refractivity contribution is -0.117. The lowest BCUT2D eigenvalue weighted by Crippen LogP contribution is -2.24. The van der Waals surface area contributed by atoms with Gasteiger partial charge in [0.05, 0.1) is 11.9 Å². The van der Waals surface area contributed by atoms with Gasteiger partial charge in [0.25, 0.3) is 0 Å². The SMILES string of the molecule is O=C1CC(S)CN1c1ccc(Br)nc1. The molecule has 0 N–H and O–H groups in total. The Morgan fingerprint density at radius 2 is 2.36 bits per heavy atom. The van der Waals surface area contributed by atoms with Gasteiger partial charge in [-0.15, -0.1) is 0 Å². The molecule has 1 aliphatic heterocycles. The molecule has 2 rings (SSSR count). The lowest BCUT2D eigenvalue weighted by atomic mass is 10.4. The number of amides is 1. The molecule has 1 saturated heterocycles. The first kappa shape index (κ1) is 9.98. The number of halogens is 1. The summed E-state index contributed by atoms with van der Waals surface area (Å²) in [4.78, 5) is 17.3. The number of nitrogens with zero attached hydrogens (tertiary/aromatic N) is 2. The molecule has 0 aromatic carbocycles. The third kappa shape index (κ3) is 1.93. The Labute approximate surface area is 96.0 Å². The van der Waals surface area contributed by atoms with Gasteiger partial charge in [-0.05, 0) is 28.1 Å². The zero-order chi connectivity index (χ0) is 10.1. The van der Waals surface area contributed by atoms with Gasteiger partial charge in [-0.1, -0.05) is 0 Å². The molecule has 5 heteroatoms. The third-order valence-electron chi connectivity index (χ3n) is 2.13. The predicted octanol–water partition coefficient (Wildman–Crippen LogP) is 1.88. The Hall–Kier alpha value is -0.550. The van der Waals surface area contributed by atoms with E-state index >= 15 is 0 Å². The lowest BCUT2D eigenvalue weighted by Gasteiger charge is -2.15. The van der Waals surface area contributed by atoms with E-state index in [0.29, 0.717) is 13.0 Å². The number of hydrogen-bond donors (Lipinski definition) is 1. The highest BCUT2D eigenvalue weighted by molar-refractivity contribution is 9.10. The number of pyridine rings is 1. The van der Waals surface area contributed by atoms with Gasteiger partial charge in [0, 0.05) is 18.2 Å². The molecule has 1 aromatic rings. The quantitative estimate of drug-likeness (QED) is 0.626. The standard InChI is InChI=1S/C9H9BrN2OS/c10-8-2-1-6(4-11-8)12-5-7(14)3-9(12)13/h1-2,4,7,14H,3,5H2. The number of rotatable bonds is 1. The van der Waals surface area contributed by atoms with Crippen LogP contribution in [0.15, 0.2) is 22.9 Å². The van der Waals surface area contributed by atoms with Crippen molar-refractivity contribution in [3.8, 4) is 0 Å². The average Bonchev–Trinajstić information content (AvgIpc) is 2.47. The van der Waals surface area contributed by atoms with Gasteiger partial charge < -0.3 is 4.90 Å². The molecule has 0 bridgehead atoms. The van der Waals surface area contributed by atoms with Gasteiger partial charge in [0.2, 0.25) is 5.91 Å². The molecule has 0 aliphatic carbocycles. The van der Waals surface area contributed by atoms with E-state index in [2.05, 4.69) is 33.5 Å². The van der Waals surface area contributed by atoms with E-state index in [4.69, 9.17) is 0 Å². The Morgan fingerprint density at radius 3 is 2.86 bits per heavy atom. The molecule has 1 atom stereocenters. The Balaban J connectivity index is 2.23. The van der Waals surface area contributed by atoms with Crippen LogP contribution in [0, 0.1) is 0 Å². The van der Waals surface area contributed by atoms with Crippen LogP contribution < -0.4 is 4.90 Å². The maximum Gasteiger partial charge on any atom is 0.228 e. The summed E-state index contributed by atoms with van der Waals surface area (Å²) in [5.74, 6) is 0.120. The number of aromatic nitrogens is 1. The van der Waals surface area contributed by atoms with Crippen molar-refractivity contribution in [3.63, 3.8) is 0 Å². The van der Waals surface area contributed by atoms with Crippen LogP contribution >= 0.6 is 28.6 Å². The molecule has 1 aliphatic rings. The van der Waals surface area contributed by atoms with Crippen molar-refractivity contribution < 1.29 is 4.79 Å². The maximum atomic E-state index is 11.5. The Bertz CT molecular complexity index is 354. The fraction of sp³-hybridized carbons (Fsp3) is 0.333. The molecule has 1 amide bonds. The fourth-order valence-corrected chi connectivity index (χ4v) is 2.02. The highest BCUT2D eigenvalue weighted by Gasteiger charge is 2.28. The Morgan fingerprint density at radius 1 is 1.57 bits per heavy atom. The second-order valence-corrected chi connectivity index (χ2v) is 4.74. The number of anilines is 1. The largest absolute Gasteiger partial charge is 0.310 e. The van der Waals surface area contributed by atoms with Gasteiger partial charge in [0.15, 0.2) is 0 Å². The van der Waals surface area contributed by atoms with Crippen LogP contribution in [0.25, 0.3) is 0 Å². The van der Waals surface area contributed by atoms with Crippen LogP contribution in [-0.4, -0.2) is 22.7 Å². The summed E-state index contributed by atoms with van der Waals surface area (Å²) in [5, 5.41) is 0.145. The Kier molecular flexibility index (Phi) is 2.78. The monoisotopic (exact) mass is 272 g/mol. The number of carbonyl (C=O) groups excluding carboxylic acids is 1. The normalized spacial score (nSPS) is 21.7. The molecule has 74 valence electrons. The van der Waals surface area contributed by atoms with Gasteiger partial charge in [-0.3, -0.25) is 4.79 Å². The second kappa shape index (κ2) is 3.90. The third-order valence-corrected chi connectivity index (χ3v) is 2.94. The number of carbonyl (C=O) groups is 1. The molecule has 2 heterocycles. The van der Waals surface area contributed by atoms with Gasteiger partial charge in [-0.25, -0.2) is 4.98 Å². The van der Waals surface area contributed by atoms with Crippen molar-refractivity contribution in [1.29, 1.82) is 0 Å². The van der Waals surface area contributed by atoms with E-state index in [1.54, 1.807) is 11.1 Å². The van der Waals surface area contributed by atoms with Gasteiger partial charge in [0.1, 0.15) is 4.60 Å². The summed E-state index contributed by atoms with van der Waals surface area (Å²) in [6.45, 7) is 0.672. The smallest absolute Gasteiger partial charge is 0.228 e. The van der Waals surface area contributed by atoms with Crippen molar-refractivity contribution in [2.75, 3.05) is 11.4 Å². The molecule has 14 heavy (non-hydrogen) atoms. The summed E-state index contributed by atoms with van der Waals surface area (Å²) in [5.41, 5.74) is 0.842. The molecule has 0 saturated carbocycles. The van der Waals surface area contributed by atoms with Crippen molar-refractivity contribution >= 4 is 40.2 Å². The second-order valence-electron chi connectivity index (χ2n) is 3.20. The summed E-state index contributed by atoms with van der Waals surface area (Å²) in [7, 11) is 0. The molecular formula is C9H9BrN2OS. The van der Waals surface area contributed by atoms with Crippen molar-refractivity contribution in [2.24, 2.45) is 0 Å². The zero-order valence-corrected chi connectivity index (χ0v) is 9.83. The summed E-state index contributed by atoms with van der Waals surface area (Å²) >= 11 is 7.54. The number of thiol groups is 1. The van der Waals surface area contributed by atoms with Crippen molar-refractivity contribution in [2.45, 2.75) is 11.7 Å². The van der Waals surface area contributed by atoms with E-state index in [1.807, 2.05) is 12.1 Å². The minimum atomic E-state index is 0.120. The molecular weight excluding hydrogens is 264 g/mol. The van der Waals surface area contributed by atoms with E-state index in [9.17, 15) is 4.79 Å². The first-order chi connectivity index (χ1) is 6.66. The number of hydrogen-bond acceptors (Lipinski definition) is 3. The van der Waals surface area contributed by atoms with E-state index in [-0.39, 0.29) is 11.2 Å². The van der Waals surface area contributed by atoms with Crippen LogP contribution in [0.2, 0.25) is 0 Å². The molecule has 0 radical (unpaired) electrons. The van der Waals surface area contributed by atoms with Gasteiger partial charge >= 0.3 is 0 Å². The molecule has 1 aromatic heterocycles. The summed E-state index contributed by atoms with van der Waals surface area (Å²) < 4.78 is 0.773. The van der Waals surface area contributed by atoms with Crippen LogP contribution in [0.3, 0.4) is 0 Å². The van der Waals surface area contributed by atoms with Gasteiger partial charge in [-0.2, -0.15) is 12.6 Å². The van der Waals surface area contributed by atoms with Crippen LogP contribution in [-0.2, 0) is 4.79 Å². The van der Waals surface area contributed by atoms with E-state index < -0.39 is 0 Å². The minimum absolute atomic E-state index is 0.120. The molecule has 1 unspecified atom stereocenters. The van der Waals surface area contributed by atoms with E-state index in [0.717, 1.165) is 10.3 Å². The van der Waals surface area contributed by atoms with E-state index in [1.165, 1.54) is 0 Å². The fourth-order valence-electron chi connectivity index (χ4n) is 1.47. The topological polar surface area (TPSA) is 33.2 Å². The minimum Gasteiger partial charge on any atom is -0.310 e. The molecule has 1 fully saturated rings.